The lowest BCUT2D eigenvalue weighted by molar-refractivity contribution is -0.159. The zero-order valence-electron chi connectivity index (χ0n) is 15.1. The maximum absolute atomic E-state index is 12.2. The number of hydrogen-bond donors (Lipinski definition) is 0. The quantitative estimate of drug-likeness (QED) is 0.590. The Morgan fingerprint density at radius 2 is 1.74 bits per heavy atom. The van der Waals surface area contributed by atoms with Crippen LogP contribution in [0.1, 0.15) is 48.0 Å². The van der Waals surface area contributed by atoms with E-state index in [1.165, 1.54) is 0 Å². The molecule has 0 N–H and O–H groups in total. The third kappa shape index (κ3) is 4.14. The second kappa shape index (κ2) is 6.27. The molecule has 2 rings (SSSR count). The number of carbonyl (C=O) groups excluding carboxylic acids is 2. The lowest BCUT2D eigenvalue weighted by Crippen LogP contribution is -2.38. The summed E-state index contributed by atoms with van der Waals surface area (Å²) in [5.41, 5.74) is 0.0353. The van der Waals surface area contributed by atoms with E-state index in [0.29, 0.717) is 0 Å². The van der Waals surface area contributed by atoms with Crippen molar-refractivity contribution in [2.75, 3.05) is 19.7 Å². The molecule has 0 aromatic carbocycles. The molecular weight excluding hydrogens is 294 g/mol. The van der Waals surface area contributed by atoms with Gasteiger partial charge in [0.1, 0.15) is 12.7 Å². The standard InChI is InChI=1S/C18H29NO4/c1-17(2,3)15(20)22-11-12-7-9-19-10-8-13(14(12)19)23-16(21)18(4,5)6/h7,13-14H,8-11H2,1-6H3/t13-,14+/m0/s1. The van der Waals surface area contributed by atoms with E-state index >= 15 is 0 Å². The van der Waals surface area contributed by atoms with Crippen molar-refractivity contribution < 1.29 is 19.1 Å². The second-order valence-corrected chi connectivity index (χ2v) is 8.53. The van der Waals surface area contributed by atoms with Crippen LogP contribution in [-0.4, -0.2) is 48.7 Å². The van der Waals surface area contributed by atoms with Gasteiger partial charge in [0.05, 0.1) is 16.9 Å². The van der Waals surface area contributed by atoms with Crippen LogP contribution in [-0.2, 0) is 19.1 Å². The lowest BCUT2D eigenvalue weighted by atomic mass is 9.96. The summed E-state index contributed by atoms with van der Waals surface area (Å²) < 4.78 is 11.2. The fraction of sp³-hybridized carbons (Fsp3) is 0.778. The summed E-state index contributed by atoms with van der Waals surface area (Å²) in [5, 5.41) is 0. The van der Waals surface area contributed by atoms with Gasteiger partial charge >= 0.3 is 11.9 Å². The Bertz CT molecular complexity index is 510. The lowest BCUT2D eigenvalue weighted by Gasteiger charge is -2.27. The van der Waals surface area contributed by atoms with Crippen molar-refractivity contribution in [3.8, 4) is 0 Å². The first kappa shape index (κ1) is 18.0. The highest BCUT2D eigenvalue weighted by atomic mass is 16.5. The maximum atomic E-state index is 12.2. The van der Waals surface area contributed by atoms with Crippen molar-refractivity contribution >= 4 is 11.9 Å². The number of hydrogen-bond acceptors (Lipinski definition) is 5. The number of carbonyl (C=O) groups is 2. The van der Waals surface area contributed by atoms with E-state index in [9.17, 15) is 9.59 Å². The van der Waals surface area contributed by atoms with Crippen LogP contribution >= 0.6 is 0 Å². The predicted molar refractivity (Wildman–Crippen MR) is 87.8 cm³/mol. The number of esters is 2. The van der Waals surface area contributed by atoms with Gasteiger partial charge in [0, 0.05) is 13.1 Å². The van der Waals surface area contributed by atoms with Gasteiger partial charge in [-0.15, -0.1) is 0 Å². The van der Waals surface area contributed by atoms with E-state index in [4.69, 9.17) is 9.47 Å². The van der Waals surface area contributed by atoms with Gasteiger partial charge in [-0.25, -0.2) is 0 Å². The normalized spacial score (nSPS) is 25.0. The Morgan fingerprint density at radius 3 is 2.30 bits per heavy atom. The topological polar surface area (TPSA) is 55.8 Å². The highest BCUT2D eigenvalue weighted by molar-refractivity contribution is 5.76. The van der Waals surface area contributed by atoms with Crippen molar-refractivity contribution in [2.45, 2.75) is 60.1 Å². The molecule has 0 bridgehead atoms. The summed E-state index contributed by atoms with van der Waals surface area (Å²) in [6.07, 6.45) is 2.78. The van der Waals surface area contributed by atoms with Crippen LogP contribution in [0.4, 0.5) is 0 Å². The van der Waals surface area contributed by atoms with Crippen LogP contribution < -0.4 is 0 Å². The smallest absolute Gasteiger partial charge is 0.311 e. The van der Waals surface area contributed by atoms with Gasteiger partial charge in [-0.05, 0) is 53.5 Å². The van der Waals surface area contributed by atoms with Gasteiger partial charge < -0.3 is 9.47 Å². The molecule has 0 saturated carbocycles. The molecule has 2 aliphatic heterocycles. The SMILES string of the molecule is CC(C)(C)C(=O)OCC1=CCN2CC[C@H](OC(=O)C(C)(C)C)[C@@H]12. The number of fused-ring (bicyclic) bond motifs is 1. The van der Waals surface area contributed by atoms with Crippen molar-refractivity contribution in [1.82, 2.24) is 4.90 Å². The van der Waals surface area contributed by atoms with Gasteiger partial charge in [0.25, 0.3) is 0 Å². The molecule has 0 aromatic heterocycles. The first-order chi connectivity index (χ1) is 10.5. The highest BCUT2D eigenvalue weighted by Gasteiger charge is 2.43. The van der Waals surface area contributed by atoms with E-state index < -0.39 is 10.8 Å². The number of ether oxygens (including phenoxy) is 2. The molecule has 0 spiro atoms. The molecular formula is C18H29NO4. The minimum absolute atomic E-state index is 0.0501. The fourth-order valence-corrected chi connectivity index (χ4v) is 2.81. The first-order valence-electron chi connectivity index (χ1n) is 8.31. The van der Waals surface area contributed by atoms with Gasteiger partial charge in [0.2, 0.25) is 0 Å². The molecule has 5 nitrogen and oxygen atoms in total. The second-order valence-electron chi connectivity index (χ2n) is 8.53. The molecule has 0 amide bonds. The molecule has 0 aromatic rings. The molecule has 23 heavy (non-hydrogen) atoms. The van der Waals surface area contributed by atoms with Crippen LogP contribution in [0, 0.1) is 10.8 Å². The molecule has 0 aliphatic carbocycles. The van der Waals surface area contributed by atoms with Crippen LogP contribution in [0.2, 0.25) is 0 Å². The third-order valence-corrected chi connectivity index (χ3v) is 4.27. The van der Waals surface area contributed by atoms with E-state index in [0.717, 1.165) is 25.1 Å². The predicted octanol–water partition coefficient (Wildman–Crippen LogP) is 2.55. The molecule has 0 unspecified atom stereocenters. The Labute approximate surface area is 139 Å². The summed E-state index contributed by atoms with van der Waals surface area (Å²) >= 11 is 0. The van der Waals surface area contributed by atoms with Crippen LogP contribution in [0.15, 0.2) is 11.6 Å². The summed E-state index contributed by atoms with van der Waals surface area (Å²) in [6.45, 7) is 13.1. The van der Waals surface area contributed by atoms with Crippen molar-refractivity contribution in [1.29, 1.82) is 0 Å². The molecule has 2 heterocycles. The third-order valence-electron chi connectivity index (χ3n) is 4.27. The Morgan fingerprint density at radius 1 is 1.13 bits per heavy atom. The van der Waals surface area contributed by atoms with Crippen LogP contribution in [0.25, 0.3) is 0 Å². The number of rotatable bonds is 3. The van der Waals surface area contributed by atoms with Crippen LogP contribution in [0.3, 0.4) is 0 Å². The van der Waals surface area contributed by atoms with Crippen LogP contribution in [0.5, 0.6) is 0 Å². The van der Waals surface area contributed by atoms with Crippen molar-refractivity contribution in [2.24, 2.45) is 10.8 Å². The van der Waals surface area contributed by atoms with E-state index in [1.807, 2.05) is 41.5 Å². The summed E-state index contributed by atoms with van der Waals surface area (Å²) in [6, 6.07) is 0.0501. The Hall–Kier alpha value is -1.36. The molecule has 1 fully saturated rings. The monoisotopic (exact) mass is 323 g/mol. The van der Waals surface area contributed by atoms with Gasteiger partial charge in [-0.2, -0.15) is 0 Å². The zero-order valence-corrected chi connectivity index (χ0v) is 15.1. The van der Waals surface area contributed by atoms with E-state index in [-0.39, 0.29) is 30.7 Å². The zero-order chi connectivity index (χ0) is 17.4. The largest absolute Gasteiger partial charge is 0.461 e. The molecule has 1 saturated heterocycles. The summed E-state index contributed by atoms with van der Waals surface area (Å²) in [5.74, 6) is -0.389. The average molecular weight is 323 g/mol. The molecule has 5 heteroatoms. The van der Waals surface area contributed by atoms with Crippen molar-refractivity contribution in [3.63, 3.8) is 0 Å². The first-order valence-corrected chi connectivity index (χ1v) is 8.31. The minimum atomic E-state index is -0.507. The van der Waals surface area contributed by atoms with E-state index in [1.54, 1.807) is 0 Å². The summed E-state index contributed by atoms with van der Waals surface area (Å²) in [7, 11) is 0. The van der Waals surface area contributed by atoms with Gasteiger partial charge in [-0.1, -0.05) is 6.08 Å². The Kier molecular flexibility index (Phi) is 4.90. The molecule has 0 radical (unpaired) electrons. The maximum Gasteiger partial charge on any atom is 0.311 e. The van der Waals surface area contributed by atoms with Gasteiger partial charge in [-0.3, -0.25) is 14.5 Å². The van der Waals surface area contributed by atoms with Gasteiger partial charge in [0.15, 0.2) is 0 Å². The summed E-state index contributed by atoms with van der Waals surface area (Å²) in [4.78, 5) is 26.4. The Balaban J connectivity index is 1.98. The minimum Gasteiger partial charge on any atom is -0.461 e. The molecule has 2 aliphatic rings. The van der Waals surface area contributed by atoms with Crippen molar-refractivity contribution in [3.05, 3.63) is 11.6 Å². The fourth-order valence-electron chi connectivity index (χ4n) is 2.81. The number of nitrogens with zero attached hydrogens (tertiary/aromatic N) is 1. The average Bonchev–Trinajstić information content (AvgIpc) is 2.97. The molecule has 2 atom stereocenters. The highest BCUT2D eigenvalue weighted by Crippen LogP contribution is 2.33. The molecule has 130 valence electrons. The van der Waals surface area contributed by atoms with E-state index in [2.05, 4.69) is 11.0 Å².